The second kappa shape index (κ2) is 5.93. The summed E-state index contributed by atoms with van der Waals surface area (Å²) in [6, 6.07) is 2.72. The molecule has 0 saturated carbocycles. The second-order valence-electron chi connectivity index (χ2n) is 5.08. The summed E-state index contributed by atoms with van der Waals surface area (Å²) in [7, 11) is 0. The van der Waals surface area contributed by atoms with Crippen LogP contribution in [0.2, 0.25) is 0 Å². The standard InChI is InChI=1S/C13H14N4O4S/c18-12-13(19)15-11-8(7-16-1-3-22-4-2-16)5-9(17(20)21)6-10(11)14-12/h5-6H,1-4,7H2,(H,14,18)(H,15,19). The maximum absolute atomic E-state index is 11.5. The summed E-state index contributed by atoms with van der Waals surface area (Å²) in [5, 5.41) is 11.1. The molecule has 1 aromatic heterocycles. The van der Waals surface area contributed by atoms with Gasteiger partial charge >= 0.3 is 11.1 Å². The highest BCUT2D eigenvalue weighted by Crippen LogP contribution is 2.23. The third-order valence-electron chi connectivity index (χ3n) is 3.61. The predicted octanol–water partition coefficient (Wildman–Crippen LogP) is 0.673. The van der Waals surface area contributed by atoms with Crippen molar-refractivity contribution in [2.75, 3.05) is 24.6 Å². The number of fused-ring (bicyclic) bond motifs is 1. The number of rotatable bonds is 3. The molecule has 1 aliphatic rings. The lowest BCUT2D eigenvalue weighted by atomic mass is 10.1. The van der Waals surface area contributed by atoms with Gasteiger partial charge in [-0.2, -0.15) is 11.8 Å². The molecule has 0 spiro atoms. The second-order valence-corrected chi connectivity index (χ2v) is 6.31. The number of hydrogen-bond acceptors (Lipinski definition) is 6. The minimum Gasteiger partial charge on any atom is -0.316 e. The molecular formula is C13H14N4O4S. The molecule has 0 aliphatic carbocycles. The number of H-pyrrole nitrogens is 2. The number of thioether (sulfide) groups is 1. The lowest BCUT2D eigenvalue weighted by Crippen LogP contribution is -2.33. The van der Waals surface area contributed by atoms with Crippen LogP contribution in [0.1, 0.15) is 5.56 Å². The van der Waals surface area contributed by atoms with Crippen LogP contribution in [0.25, 0.3) is 11.0 Å². The number of nitrogens with zero attached hydrogens (tertiary/aromatic N) is 2. The van der Waals surface area contributed by atoms with E-state index in [1.165, 1.54) is 12.1 Å². The fraction of sp³-hybridized carbons (Fsp3) is 0.385. The van der Waals surface area contributed by atoms with E-state index in [1.807, 2.05) is 11.8 Å². The molecule has 0 bridgehead atoms. The van der Waals surface area contributed by atoms with Crippen molar-refractivity contribution >= 4 is 28.5 Å². The first-order valence-electron chi connectivity index (χ1n) is 6.78. The highest BCUT2D eigenvalue weighted by atomic mass is 32.2. The summed E-state index contributed by atoms with van der Waals surface area (Å²) in [5.74, 6) is 2.03. The van der Waals surface area contributed by atoms with E-state index in [1.54, 1.807) is 0 Å². The van der Waals surface area contributed by atoms with Crippen LogP contribution in [-0.2, 0) is 6.54 Å². The topological polar surface area (TPSA) is 112 Å². The first kappa shape index (κ1) is 14.8. The molecule has 0 unspecified atom stereocenters. The molecular weight excluding hydrogens is 308 g/mol. The van der Waals surface area contributed by atoms with Gasteiger partial charge < -0.3 is 9.97 Å². The molecule has 0 amide bonds. The molecule has 1 saturated heterocycles. The summed E-state index contributed by atoms with van der Waals surface area (Å²) in [6.45, 7) is 2.28. The predicted molar refractivity (Wildman–Crippen MR) is 84.4 cm³/mol. The minimum absolute atomic E-state index is 0.100. The van der Waals surface area contributed by atoms with E-state index in [9.17, 15) is 19.7 Å². The molecule has 22 heavy (non-hydrogen) atoms. The summed E-state index contributed by atoms with van der Waals surface area (Å²) in [5.41, 5.74) is -0.292. The number of aromatic nitrogens is 2. The van der Waals surface area contributed by atoms with E-state index in [-0.39, 0.29) is 11.2 Å². The smallest absolute Gasteiger partial charge is 0.314 e. The SMILES string of the molecule is O=c1[nH]c2cc([N+](=O)[O-])cc(CN3CCSCC3)c2[nH]c1=O. The van der Waals surface area contributed by atoms with Crippen molar-refractivity contribution in [1.29, 1.82) is 0 Å². The zero-order valence-electron chi connectivity index (χ0n) is 11.6. The molecule has 2 N–H and O–H groups in total. The Bertz CT molecular complexity index is 838. The molecule has 1 aliphatic heterocycles. The van der Waals surface area contributed by atoms with Crippen molar-refractivity contribution in [3.8, 4) is 0 Å². The number of benzene rings is 1. The van der Waals surface area contributed by atoms with Gasteiger partial charge in [0.1, 0.15) is 0 Å². The molecule has 2 heterocycles. The zero-order valence-corrected chi connectivity index (χ0v) is 12.4. The first-order chi connectivity index (χ1) is 10.5. The quantitative estimate of drug-likeness (QED) is 0.488. The van der Waals surface area contributed by atoms with Gasteiger partial charge in [0.2, 0.25) is 0 Å². The number of nitro benzene ring substituents is 1. The third-order valence-corrected chi connectivity index (χ3v) is 4.55. The average Bonchev–Trinajstić information content (AvgIpc) is 2.50. The number of hydrogen-bond donors (Lipinski definition) is 2. The third kappa shape index (κ3) is 2.90. The molecule has 8 nitrogen and oxygen atoms in total. The van der Waals surface area contributed by atoms with E-state index >= 15 is 0 Å². The molecule has 0 atom stereocenters. The summed E-state index contributed by atoms with van der Waals surface area (Å²) < 4.78 is 0. The van der Waals surface area contributed by atoms with Crippen LogP contribution < -0.4 is 11.1 Å². The normalized spacial score (nSPS) is 16.0. The molecule has 1 fully saturated rings. The number of non-ortho nitro benzene ring substituents is 1. The Morgan fingerprint density at radius 2 is 1.86 bits per heavy atom. The molecule has 2 aromatic rings. The zero-order chi connectivity index (χ0) is 15.7. The van der Waals surface area contributed by atoms with Crippen LogP contribution in [-0.4, -0.2) is 44.4 Å². The fourth-order valence-electron chi connectivity index (χ4n) is 2.51. The highest BCUT2D eigenvalue weighted by Gasteiger charge is 2.17. The van der Waals surface area contributed by atoms with Gasteiger partial charge in [-0.3, -0.25) is 24.6 Å². The summed E-state index contributed by atoms with van der Waals surface area (Å²) >= 11 is 1.87. The lowest BCUT2D eigenvalue weighted by Gasteiger charge is -2.26. The summed E-state index contributed by atoms with van der Waals surface area (Å²) in [6.07, 6.45) is 0. The van der Waals surface area contributed by atoms with E-state index in [2.05, 4.69) is 14.9 Å². The van der Waals surface area contributed by atoms with E-state index < -0.39 is 16.0 Å². The van der Waals surface area contributed by atoms with Crippen molar-refractivity contribution in [2.45, 2.75) is 6.54 Å². The summed E-state index contributed by atoms with van der Waals surface area (Å²) in [4.78, 5) is 40.7. The van der Waals surface area contributed by atoms with Crippen molar-refractivity contribution in [3.63, 3.8) is 0 Å². The molecule has 116 valence electrons. The van der Waals surface area contributed by atoms with Crippen molar-refractivity contribution in [1.82, 2.24) is 14.9 Å². The van der Waals surface area contributed by atoms with E-state index in [4.69, 9.17) is 0 Å². The number of aromatic amines is 2. The maximum atomic E-state index is 11.5. The van der Waals surface area contributed by atoms with Gasteiger partial charge in [0, 0.05) is 43.3 Å². The Morgan fingerprint density at radius 3 is 2.55 bits per heavy atom. The monoisotopic (exact) mass is 322 g/mol. The van der Waals surface area contributed by atoms with Gasteiger partial charge in [-0.15, -0.1) is 0 Å². The van der Waals surface area contributed by atoms with Gasteiger partial charge in [-0.25, -0.2) is 0 Å². The van der Waals surface area contributed by atoms with E-state index in [0.29, 0.717) is 17.6 Å². The van der Waals surface area contributed by atoms with Crippen LogP contribution in [0.15, 0.2) is 21.7 Å². The minimum atomic E-state index is -0.812. The Labute approximate surface area is 128 Å². The van der Waals surface area contributed by atoms with Gasteiger partial charge in [0.15, 0.2) is 0 Å². The largest absolute Gasteiger partial charge is 0.316 e. The van der Waals surface area contributed by atoms with E-state index in [0.717, 1.165) is 24.6 Å². The van der Waals surface area contributed by atoms with Crippen molar-refractivity contribution in [3.05, 3.63) is 48.5 Å². The van der Waals surface area contributed by atoms with Gasteiger partial charge in [-0.1, -0.05) is 0 Å². The molecule has 1 aromatic carbocycles. The fourth-order valence-corrected chi connectivity index (χ4v) is 3.49. The van der Waals surface area contributed by atoms with Crippen LogP contribution in [0.4, 0.5) is 5.69 Å². The Kier molecular flexibility index (Phi) is 3.99. The highest BCUT2D eigenvalue weighted by molar-refractivity contribution is 7.99. The number of nitro groups is 1. The maximum Gasteiger partial charge on any atom is 0.314 e. The molecule has 9 heteroatoms. The average molecular weight is 322 g/mol. The van der Waals surface area contributed by atoms with Crippen LogP contribution >= 0.6 is 11.8 Å². The first-order valence-corrected chi connectivity index (χ1v) is 7.94. The van der Waals surface area contributed by atoms with Gasteiger partial charge in [0.05, 0.1) is 16.0 Å². The van der Waals surface area contributed by atoms with Crippen LogP contribution in [0.5, 0.6) is 0 Å². The Morgan fingerprint density at radius 1 is 1.18 bits per heavy atom. The molecule has 0 radical (unpaired) electrons. The van der Waals surface area contributed by atoms with Crippen molar-refractivity contribution < 1.29 is 4.92 Å². The van der Waals surface area contributed by atoms with Gasteiger partial charge in [-0.05, 0) is 5.56 Å². The number of nitrogens with one attached hydrogen (secondary N) is 2. The van der Waals surface area contributed by atoms with Crippen LogP contribution in [0.3, 0.4) is 0 Å². The van der Waals surface area contributed by atoms with Crippen molar-refractivity contribution in [2.24, 2.45) is 0 Å². The lowest BCUT2D eigenvalue weighted by molar-refractivity contribution is -0.384. The Hall–Kier alpha value is -2.13. The Balaban J connectivity index is 2.12. The van der Waals surface area contributed by atoms with Crippen LogP contribution in [0, 0.1) is 10.1 Å². The van der Waals surface area contributed by atoms with Gasteiger partial charge in [0.25, 0.3) is 5.69 Å². The molecule has 3 rings (SSSR count).